The Kier molecular flexibility index (Phi) is 4.08. The zero-order valence-corrected chi connectivity index (χ0v) is 14.2. The van der Waals surface area contributed by atoms with E-state index in [9.17, 15) is 0 Å². The molecule has 2 fully saturated rings. The number of hydrogen-bond acceptors (Lipinski definition) is 2. The monoisotopic (exact) mass is 348 g/mol. The summed E-state index contributed by atoms with van der Waals surface area (Å²) in [5, 5.41) is 3.86. The Morgan fingerprint density at radius 3 is 2.90 bits per heavy atom. The third-order valence-electron chi connectivity index (χ3n) is 5.47. The Balaban J connectivity index is 1.27. The van der Waals surface area contributed by atoms with Gasteiger partial charge in [-0.1, -0.05) is 22.0 Å². The number of fused-ring (bicyclic) bond motifs is 1. The summed E-state index contributed by atoms with van der Waals surface area (Å²) in [6, 6.07) is 8.43. The molecule has 114 valence electrons. The fraction of sp³-hybridized carbons (Fsp3) is 0.667. The molecule has 0 radical (unpaired) electrons. The Labute approximate surface area is 136 Å². The van der Waals surface area contributed by atoms with Gasteiger partial charge in [-0.2, -0.15) is 0 Å². The van der Waals surface area contributed by atoms with Crippen molar-refractivity contribution < 1.29 is 0 Å². The van der Waals surface area contributed by atoms with E-state index in [1.165, 1.54) is 62.6 Å². The minimum atomic E-state index is 0.689. The molecule has 0 aromatic heterocycles. The molecule has 21 heavy (non-hydrogen) atoms. The summed E-state index contributed by atoms with van der Waals surface area (Å²) < 4.78 is 1.22. The minimum absolute atomic E-state index is 0.689. The first kappa shape index (κ1) is 14.2. The maximum Gasteiger partial charge on any atom is 0.0178 e. The van der Waals surface area contributed by atoms with Crippen LogP contribution in [0.3, 0.4) is 0 Å². The highest BCUT2D eigenvalue weighted by Gasteiger charge is 2.34. The summed E-state index contributed by atoms with van der Waals surface area (Å²) in [4.78, 5) is 2.72. The third kappa shape index (κ3) is 3.35. The van der Waals surface area contributed by atoms with Crippen LogP contribution in [-0.4, -0.2) is 36.6 Å². The van der Waals surface area contributed by atoms with Crippen molar-refractivity contribution in [2.45, 2.75) is 50.6 Å². The van der Waals surface area contributed by atoms with Gasteiger partial charge in [0.2, 0.25) is 0 Å². The van der Waals surface area contributed by atoms with Crippen molar-refractivity contribution in [3.05, 3.63) is 33.8 Å². The van der Waals surface area contributed by atoms with E-state index in [1.54, 1.807) is 11.1 Å². The van der Waals surface area contributed by atoms with Crippen LogP contribution in [0.25, 0.3) is 0 Å². The highest BCUT2D eigenvalue weighted by molar-refractivity contribution is 9.10. The summed E-state index contributed by atoms with van der Waals surface area (Å²) >= 11 is 3.58. The van der Waals surface area contributed by atoms with Crippen LogP contribution in [0.2, 0.25) is 0 Å². The van der Waals surface area contributed by atoms with E-state index in [4.69, 9.17) is 0 Å². The topological polar surface area (TPSA) is 15.3 Å². The van der Waals surface area contributed by atoms with Crippen LogP contribution < -0.4 is 5.32 Å². The zero-order chi connectivity index (χ0) is 14.2. The molecule has 1 aromatic rings. The minimum Gasteiger partial charge on any atom is -0.313 e. The molecule has 2 aliphatic carbocycles. The molecule has 3 heteroatoms. The number of likely N-dealkylation sites (tertiary alicyclic amines) is 1. The molecule has 1 saturated heterocycles. The summed E-state index contributed by atoms with van der Waals surface area (Å²) in [7, 11) is 0. The third-order valence-corrected chi connectivity index (χ3v) is 5.97. The quantitative estimate of drug-likeness (QED) is 0.897. The second kappa shape index (κ2) is 6.02. The maximum atomic E-state index is 3.86. The van der Waals surface area contributed by atoms with Gasteiger partial charge < -0.3 is 10.2 Å². The second-order valence-electron chi connectivity index (χ2n) is 7.14. The van der Waals surface area contributed by atoms with Gasteiger partial charge in [0.25, 0.3) is 0 Å². The standard InChI is InChI=1S/C18H25BrN2/c19-16-3-1-15-10-17(4-2-14(15)9-16)20-11-13-7-8-21(12-13)18-5-6-18/h1,3,9,13,17-18,20H,2,4-8,10-12H2. The fourth-order valence-electron chi connectivity index (χ4n) is 4.03. The molecule has 2 unspecified atom stereocenters. The highest BCUT2D eigenvalue weighted by atomic mass is 79.9. The predicted molar refractivity (Wildman–Crippen MR) is 90.7 cm³/mol. The first-order valence-corrected chi connectivity index (χ1v) is 9.32. The lowest BCUT2D eigenvalue weighted by atomic mass is 9.88. The van der Waals surface area contributed by atoms with E-state index < -0.39 is 0 Å². The normalized spacial score (nSPS) is 29.6. The molecule has 1 saturated carbocycles. The van der Waals surface area contributed by atoms with Crippen molar-refractivity contribution in [3.63, 3.8) is 0 Å². The van der Waals surface area contributed by atoms with Gasteiger partial charge in [0.05, 0.1) is 0 Å². The molecule has 1 aliphatic heterocycles. The SMILES string of the molecule is Brc1ccc2c(c1)CCC(NCC1CCN(C3CC3)C1)C2. The molecule has 0 bridgehead atoms. The molecule has 1 heterocycles. The van der Waals surface area contributed by atoms with E-state index in [2.05, 4.69) is 44.3 Å². The maximum absolute atomic E-state index is 3.86. The smallest absolute Gasteiger partial charge is 0.0178 e. The van der Waals surface area contributed by atoms with Gasteiger partial charge >= 0.3 is 0 Å². The summed E-state index contributed by atoms with van der Waals surface area (Å²) in [5.41, 5.74) is 3.09. The summed E-state index contributed by atoms with van der Waals surface area (Å²) in [6.45, 7) is 3.91. The molecule has 1 N–H and O–H groups in total. The van der Waals surface area contributed by atoms with E-state index in [0.29, 0.717) is 6.04 Å². The fourth-order valence-corrected chi connectivity index (χ4v) is 4.44. The molecule has 0 spiro atoms. The van der Waals surface area contributed by atoms with E-state index >= 15 is 0 Å². The van der Waals surface area contributed by atoms with Crippen LogP contribution in [0, 0.1) is 5.92 Å². The molecule has 4 rings (SSSR count). The van der Waals surface area contributed by atoms with Crippen molar-refractivity contribution in [3.8, 4) is 0 Å². The van der Waals surface area contributed by atoms with Crippen LogP contribution in [0.15, 0.2) is 22.7 Å². The summed E-state index contributed by atoms with van der Waals surface area (Å²) in [6.07, 6.45) is 8.04. The van der Waals surface area contributed by atoms with Gasteiger partial charge in [0, 0.05) is 23.1 Å². The van der Waals surface area contributed by atoms with Crippen LogP contribution in [0.1, 0.15) is 36.8 Å². The van der Waals surface area contributed by atoms with Gasteiger partial charge in [-0.15, -0.1) is 0 Å². The van der Waals surface area contributed by atoms with Gasteiger partial charge in [0.1, 0.15) is 0 Å². The average molecular weight is 349 g/mol. The molecule has 0 amide bonds. The van der Waals surface area contributed by atoms with Gasteiger partial charge in [-0.05, 0) is 80.8 Å². The molecule has 2 nitrogen and oxygen atoms in total. The number of nitrogens with one attached hydrogen (secondary N) is 1. The van der Waals surface area contributed by atoms with E-state index in [-0.39, 0.29) is 0 Å². The van der Waals surface area contributed by atoms with Crippen LogP contribution in [0.5, 0.6) is 0 Å². The number of halogens is 1. The Morgan fingerprint density at radius 2 is 2.05 bits per heavy atom. The average Bonchev–Trinajstić information content (AvgIpc) is 3.24. The van der Waals surface area contributed by atoms with Crippen LogP contribution in [0.4, 0.5) is 0 Å². The summed E-state index contributed by atoms with van der Waals surface area (Å²) in [5.74, 6) is 0.886. The Bertz CT molecular complexity index is 512. The van der Waals surface area contributed by atoms with Crippen LogP contribution in [-0.2, 0) is 12.8 Å². The number of benzene rings is 1. The van der Waals surface area contributed by atoms with Gasteiger partial charge in [-0.25, -0.2) is 0 Å². The number of aryl methyl sites for hydroxylation is 1. The Hall–Kier alpha value is -0.380. The molecule has 1 aromatic carbocycles. The van der Waals surface area contributed by atoms with Crippen molar-refractivity contribution in [2.75, 3.05) is 19.6 Å². The molecular formula is C18H25BrN2. The zero-order valence-electron chi connectivity index (χ0n) is 12.7. The van der Waals surface area contributed by atoms with E-state index in [0.717, 1.165) is 12.0 Å². The van der Waals surface area contributed by atoms with E-state index in [1.807, 2.05) is 0 Å². The molecule has 3 aliphatic rings. The van der Waals surface area contributed by atoms with Crippen molar-refractivity contribution in [1.82, 2.24) is 10.2 Å². The lowest BCUT2D eigenvalue weighted by Crippen LogP contribution is -2.38. The predicted octanol–water partition coefficient (Wildman–Crippen LogP) is 3.38. The van der Waals surface area contributed by atoms with Crippen molar-refractivity contribution in [1.29, 1.82) is 0 Å². The van der Waals surface area contributed by atoms with Crippen molar-refractivity contribution in [2.24, 2.45) is 5.92 Å². The molecule has 2 atom stereocenters. The van der Waals surface area contributed by atoms with Gasteiger partial charge in [-0.3, -0.25) is 0 Å². The first-order valence-electron chi connectivity index (χ1n) is 8.52. The lowest BCUT2D eigenvalue weighted by molar-refractivity contribution is 0.307. The highest BCUT2D eigenvalue weighted by Crippen LogP contribution is 2.31. The van der Waals surface area contributed by atoms with Crippen molar-refractivity contribution >= 4 is 15.9 Å². The number of hydrogen-bond donors (Lipinski definition) is 1. The number of nitrogens with zero attached hydrogens (tertiary/aromatic N) is 1. The first-order chi connectivity index (χ1) is 10.3. The lowest BCUT2D eigenvalue weighted by Gasteiger charge is -2.27. The molecular weight excluding hydrogens is 324 g/mol. The van der Waals surface area contributed by atoms with Gasteiger partial charge in [0.15, 0.2) is 0 Å². The Morgan fingerprint density at radius 1 is 1.14 bits per heavy atom. The van der Waals surface area contributed by atoms with Crippen LogP contribution >= 0.6 is 15.9 Å². The second-order valence-corrected chi connectivity index (χ2v) is 8.06. The largest absolute Gasteiger partial charge is 0.313 e. The number of rotatable bonds is 4.